The maximum absolute atomic E-state index is 13.3. The highest BCUT2D eigenvalue weighted by molar-refractivity contribution is 7.99. The van der Waals surface area contributed by atoms with E-state index >= 15 is 0 Å². The minimum atomic E-state index is -0.244. The van der Waals surface area contributed by atoms with E-state index in [1.54, 1.807) is 54.6 Å². The van der Waals surface area contributed by atoms with Gasteiger partial charge >= 0.3 is 0 Å². The first kappa shape index (κ1) is 23.9. The SMILES string of the molecule is CC(=O)NC(C)c1ccc(C(=O)CSc2nc3ccccc3c(=O)n2-c2ccc(C#N)cc2)cc1. The maximum Gasteiger partial charge on any atom is 0.266 e. The number of hydrogen-bond acceptors (Lipinski definition) is 6. The predicted molar refractivity (Wildman–Crippen MR) is 136 cm³/mol. The second kappa shape index (κ2) is 10.4. The largest absolute Gasteiger partial charge is 0.350 e. The lowest BCUT2D eigenvalue weighted by atomic mass is 10.0. The molecule has 0 aliphatic carbocycles. The summed E-state index contributed by atoms with van der Waals surface area (Å²) >= 11 is 1.18. The van der Waals surface area contributed by atoms with Crippen molar-refractivity contribution >= 4 is 34.4 Å². The third-order valence-corrected chi connectivity index (χ3v) is 6.42. The summed E-state index contributed by atoms with van der Waals surface area (Å²) in [5.74, 6) is -0.144. The third-order valence-electron chi connectivity index (χ3n) is 5.48. The van der Waals surface area contributed by atoms with E-state index in [9.17, 15) is 14.4 Å². The molecule has 0 fully saturated rings. The Hall–Kier alpha value is -4.22. The Morgan fingerprint density at radius 2 is 1.74 bits per heavy atom. The van der Waals surface area contributed by atoms with Gasteiger partial charge in [0.25, 0.3) is 5.56 Å². The van der Waals surface area contributed by atoms with Gasteiger partial charge in [0, 0.05) is 12.5 Å². The van der Waals surface area contributed by atoms with Crippen LogP contribution in [0.5, 0.6) is 0 Å². The molecule has 1 heterocycles. The molecule has 174 valence electrons. The van der Waals surface area contributed by atoms with E-state index < -0.39 is 0 Å². The summed E-state index contributed by atoms with van der Waals surface area (Å²) in [6.45, 7) is 3.34. The van der Waals surface area contributed by atoms with Crippen LogP contribution in [0.3, 0.4) is 0 Å². The molecule has 0 aliphatic rings. The molecule has 0 bridgehead atoms. The molecule has 0 saturated heterocycles. The van der Waals surface area contributed by atoms with Gasteiger partial charge < -0.3 is 5.32 Å². The number of thioether (sulfide) groups is 1. The molecule has 0 spiro atoms. The summed E-state index contributed by atoms with van der Waals surface area (Å²) in [5.41, 5.74) is 2.79. The van der Waals surface area contributed by atoms with Crippen LogP contribution in [0, 0.1) is 11.3 Å². The summed E-state index contributed by atoms with van der Waals surface area (Å²) in [7, 11) is 0. The number of nitrogens with zero attached hydrogens (tertiary/aromatic N) is 3. The molecule has 4 aromatic rings. The molecule has 1 atom stereocenters. The molecule has 1 unspecified atom stereocenters. The third kappa shape index (κ3) is 5.31. The Morgan fingerprint density at radius 1 is 1.06 bits per heavy atom. The first-order chi connectivity index (χ1) is 16.9. The zero-order valence-corrected chi connectivity index (χ0v) is 20.0. The Bertz CT molecular complexity index is 1500. The van der Waals surface area contributed by atoms with Gasteiger partial charge in [-0.1, -0.05) is 48.2 Å². The number of Topliss-reactive ketones (excluding diaryl/α,β-unsaturated/α-hetero) is 1. The van der Waals surface area contributed by atoms with Crippen LogP contribution in [0.15, 0.2) is 82.7 Å². The quantitative estimate of drug-likeness (QED) is 0.237. The monoisotopic (exact) mass is 482 g/mol. The molecule has 3 aromatic carbocycles. The highest BCUT2D eigenvalue weighted by Gasteiger charge is 2.16. The number of amides is 1. The summed E-state index contributed by atoms with van der Waals surface area (Å²) < 4.78 is 1.47. The van der Waals surface area contributed by atoms with Crippen LogP contribution in [0.25, 0.3) is 16.6 Å². The van der Waals surface area contributed by atoms with Crippen LogP contribution in [-0.2, 0) is 4.79 Å². The van der Waals surface area contributed by atoms with E-state index in [2.05, 4.69) is 16.4 Å². The van der Waals surface area contributed by atoms with Crippen molar-refractivity contribution in [2.45, 2.75) is 25.0 Å². The van der Waals surface area contributed by atoms with E-state index in [1.165, 1.54) is 23.3 Å². The molecular weight excluding hydrogens is 460 g/mol. The number of nitrogens with one attached hydrogen (secondary N) is 1. The number of ketones is 1. The van der Waals surface area contributed by atoms with E-state index in [1.807, 2.05) is 25.1 Å². The number of hydrogen-bond donors (Lipinski definition) is 1. The predicted octanol–water partition coefficient (Wildman–Crippen LogP) is 4.43. The van der Waals surface area contributed by atoms with Crippen molar-refractivity contribution < 1.29 is 9.59 Å². The maximum atomic E-state index is 13.3. The number of fused-ring (bicyclic) bond motifs is 1. The first-order valence-electron chi connectivity index (χ1n) is 10.9. The minimum absolute atomic E-state index is 0.0850. The molecule has 7 nitrogen and oxygen atoms in total. The molecule has 35 heavy (non-hydrogen) atoms. The number of nitriles is 1. The Balaban J connectivity index is 1.62. The van der Waals surface area contributed by atoms with E-state index in [0.717, 1.165) is 5.56 Å². The molecular formula is C27H22N4O3S. The van der Waals surface area contributed by atoms with Crippen molar-refractivity contribution in [3.8, 4) is 11.8 Å². The zero-order chi connectivity index (χ0) is 24.9. The van der Waals surface area contributed by atoms with E-state index in [4.69, 9.17) is 5.26 Å². The first-order valence-corrected chi connectivity index (χ1v) is 11.9. The van der Waals surface area contributed by atoms with Crippen molar-refractivity contribution in [3.63, 3.8) is 0 Å². The highest BCUT2D eigenvalue weighted by Crippen LogP contribution is 2.23. The molecule has 1 aromatic heterocycles. The van der Waals surface area contributed by atoms with Crippen molar-refractivity contribution in [2.24, 2.45) is 0 Å². The fourth-order valence-electron chi connectivity index (χ4n) is 3.68. The normalized spacial score (nSPS) is 11.6. The van der Waals surface area contributed by atoms with Gasteiger partial charge in [-0.15, -0.1) is 0 Å². The molecule has 1 amide bonds. The van der Waals surface area contributed by atoms with Gasteiger partial charge in [0.05, 0.1) is 40.0 Å². The van der Waals surface area contributed by atoms with Crippen molar-refractivity contribution in [1.82, 2.24) is 14.9 Å². The van der Waals surface area contributed by atoms with Crippen molar-refractivity contribution in [1.29, 1.82) is 5.26 Å². The van der Waals surface area contributed by atoms with E-state index in [-0.39, 0.29) is 29.0 Å². The van der Waals surface area contributed by atoms with Gasteiger partial charge in [-0.25, -0.2) is 4.98 Å². The average molecular weight is 483 g/mol. The van der Waals surface area contributed by atoms with Crippen molar-refractivity contribution in [3.05, 3.63) is 99.8 Å². The molecule has 0 saturated carbocycles. The number of para-hydroxylation sites is 1. The highest BCUT2D eigenvalue weighted by atomic mass is 32.2. The van der Waals surface area contributed by atoms with Crippen LogP contribution in [0.1, 0.15) is 41.4 Å². The lowest BCUT2D eigenvalue weighted by Gasteiger charge is -2.14. The van der Waals surface area contributed by atoms with Crippen LogP contribution in [0.4, 0.5) is 0 Å². The Morgan fingerprint density at radius 3 is 2.40 bits per heavy atom. The standard InChI is InChI=1S/C27H22N4O3S/c1-17(29-18(2)32)20-9-11-21(12-10-20)25(33)16-35-27-30-24-6-4-3-5-23(24)26(34)31(27)22-13-7-19(15-28)8-14-22/h3-14,17H,16H2,1-2H3,(H,29,32). The van der Waals surface area contributed by atoms with Gasteiger partial charge in [-0.05, 0) is 48.9 Å². The fourth-order valence-corrected chi connectivity index (χ4v) is 4.59. The van der Waals surface area contributed by atoms with Crippen LogP contribution >= 0.6 is 11.8 Å². The lowest BCUT2D eigenvalue weighted by molar-refractivity contribution is -0.119. The number of rotatable bonds is 7. The molecule has 1 N–H and O–H groups in total. The number of carbonyl (C=O) groups excluding carboxylic acids is 2. The minimum Gasteiger partial charge on any atom is -0.350 e. The van der Waals surface area contributed by atoms with Gasteiger partial charge in [0.1, 0.15) is 0 Å². The fraction of sp³-hybridized carbons (Fsp3) is 0.148. The van der Waals surface area contributed by atoms with Gasteiger partial charge in [-0.2, -0.15) is 5.26 Å². The van der Waals surface area contributed by atoms with Crippen molar-refractivity contribution in [2.75, 3.05) is 5.75 Å². The second-order valence-electron chi connectivity index (χ2n) is 7.97. The lowest BCUT2D eigenvalue weighted by Crippen LogP contribution is -2.23. The molecule has 8 heteroatoms. The molecule has 0 aliphatic heterocycles. The summed E-state index contributed by atoms with van der Waals surface area (Å²) in [6, 6.07) is 22.7. The Kier molecular flexibility index (Phi) is 7.09. The van der Waals surface area contributed by atoms with E-state index in [0.29, 0.717) is 32.9 Å². The van der Waals surface area contributed by atoms with Gasteiger partial charge in [0.15, 0.2) is 10.9 Å². The van der Waals surface area contributed by atoms with Gasteiger partial charge in [-0.3, -0.25) is 19.0 Å². The molecule has 4 rings (SSSR count). The topological polar surface area (TPSA) is 105 Å². The smallest absolute Gasteiger partial charge is 0.266 e. The summed E-state index contributed by atoms with van der Waals surface area (Å²) in [4.78, 5) is 42.2. The van der Waals surface area contributed by atoms with Crippen LogP contribution in [0.2, 0.25) is 0 Å². The number of carbonyl (C=O) groups is 2. The second-order valence-corrected chi connectivity index (χ2v) is 8.91. The van der Waals surface area contributed by atoms with Gasteiger partial charge in [0.2, 0.25) is 5.91 Å². The average Bonchev–Trinajstić information content (AvgIpc) is 2.87. The Labute approximate surface area is 206 Å². The number of benzene rings is 3. The summed E-state index contributed by atoms with van der Waals surface area (Å²) in [5, 5.41) is 12.8. The summed E-state index contributed by atoms with van der Waals surface area (Å²) in [6.07, 6.45) is 0. The van der Waals surface area contributed by atoms with Crippen LogP contribution in [-0.4, -0.2) is 27.0 Å². The molecule has 0 radical (unpaired) electrons. The zero-order valence-electron chi connectivity index (χ0n) is 19.2. The van der Waals surface area contributed by atoms with Crippen LogP contribution < -0.4 is 10.9 Å². The number of aromatic nitrogens is 2.